The number of hydrogen-bond acceptors (Lipinski definition) is 1. The van der Waals surface area contributed by atoms with Gasteiger partial charge in [-0.1, -0.05) is 25.1 Å². The normalized spacial score (nSPS) is 15.6. The van der Waals surface area contributed by atoms with Crippen LogP contribution in [0, 0.1) is 5.21 Å². The van der Waals surface area contributed by atoms with Gasteiger partial charge in [0.05, 0.1) is 13.6 Å². The average molecular weight is 165 g/mol. The summed E-state index contributed by atoms with van der Waals surface area (Å²) in [4.78, 5) is 0. The van der Waals surface area contributed by atoms with E-state index in [9.17, 15) is 5.21 Å². The van der Waals surface area contributed by atoms with E-state index in [-0.39, 0.29) is 4.65 Å². The predicted molar refractivity (Wildman–Crippen MR) is 52.7 cm³/mol. The van der Waals surface area contributed by atoms with E-state index in [4.69, 9.17) is 0 Å². The van der Waals surface area contributed by atoms with Crippen molar-refractivity contribution in [1.29, 1.82) is 0 Å². The summed E-state index contributed by atoms with van der Waals surface area (Å²) in [6.45, 7) is 2.67. The minimum atomic E-state index is -0.267. The van der Waals surface area contributed by atoms with Crippen LogP contribution in [0.2, 0.25) is 0 Å². The molecule has 0 saturated heterocycles. The molecule has 1 unspecified atom stereocenters. The van der Waals surface area contributed by atoms with Gasteiger partial charge < -0.3 is 9.85 Å². The predicted octanol–water partition coefficient (Wildman–Crippen LogP) is 2.53. The molecule has 66 valence electrons. The maximum absolute atomic E-state index is 11.8. The van der Waals surface area contributed by atoms with E-state index in [2.05, 4.69) is 0 Å². The fraction of sp³-hybridized carbons (Fsp3) is 0.400. The Hall–Kier alpha value is -0.860. The Kier molecular flexibility index (Phi) is 2.84. The molecule has 0 aliphatic carbocycles. The van der Waals surface area contributed by atoms with E-state index in [1.807, 2.05) is 37.3 Å². The van der Waals surface area contributed by atoms with Gasteiger partial charge in [0.15, 0.2) is 0 Å². The first-order chi connectivity index (χ1) is 5.67. The lowest BCUT2D eigenvalue weighted by atomic mass is 10.3. The number of benzene rings is 1. The van der Waals surface area contributed by atoms with Gasteiger partial charge in [-0.05, 0) is 18.6 Å². The van der Waals surface area contributed by atoms with Crippen LogP contribution in [0.5, 0.6) is 0 Å². The third-order valence-corrected chi connectivity index (χ3v) is 1.95. The second-order valence-electron chi connectivity index (χ2n) is 3.16. The van der Waals surface area contributed by atoms with Crippen LogP contribution < -0.4 is 4.65 Å². The maximum Gasteiger partial charge on any atom is 0.132 e. The van der Waals surface area contributed by atoms with Crippen LogP contribution in [0.3, 0.4) is 0 Å². The summed E-state index contributed by atoms with van der Waals surface area (Å²) in [7, 11) is 1.69. The fourth-order valence-corrected chi connectivity index (χ4v) is 1.30. The van der Waals surface area contributed by atoms with Gasteiger partial charge in [0.2, 0.25) is 0 Å². The Morgan fingerprint density at radius 1 is 1.25 bits per heavy atom. The van der Waals surface area contributed by atoms with Crippen molar-refractivity contribution in [2.45, 2.75) is 13.3 Å². The van der Waals surface area contributed by atoms with Gasteiger partial charge >= 0.3 is 0 Å². The molecule has 0 fully saturated rings. The van der Waals surface area contributed by atoms with Crippen LogP contribution in [0.15, 0.2) is 30.3 Å². The molecule has 1 aromatic carbocycles. The number of quaternary nitrogens is 1. The molecular formula is C10H15NO. The molecule has 12 heavy (non-hydrogen) atoms. The third-order valence-electron chi connectivity index (χ3n) is 1.95. The highest BCUT2D eigenvalue weighted by Crippen LogP contribution is 2.18. The van der Waals surface area contributed by atoms with Gasteiger partial charge in [0, 0.05) is 0 Å². The molecule has 0 aliphatic rings. The smallest absolute Gasteiger partial charge is 0.132 e. The zero-order valence-electron chi connectivity index (χ0n) is 7.66. The number of nitrogens with zero attached hydrogens (tertiary/aromatic N) is 1. The minimum Gasteiger partial charge on any atom is -0.628 e. The Bertz CT molecular complexity index is 231. The van der Waals surface area contributed by atoms with Crippen LogP contribution in [0.4, 0.5) is 5.69 Å². The summed E-state index contributed by atoms with van der Waals surface area (Å²) in [6.07, 6.45) is 0.912. The first-order valence-corrected chi connectivity index (χ1v) is 4.29. The van der Waals surface area contributed by atoms with Gasteiger partial charge in [-0.2, -0.15) is 0 Å². The molecule has 0 radical (unpaired) electrons. The molecule has 0 spiro atoms. The number of para-hydroxylation sites is 1. The van der Waals surface area contributed by atoms with Crippen molar-refractivity contribution in [2.75, 3.05) is 13.6 Å². The van der Waals surface area contributed by atoms with Crippen molar-refractivity contribution in [3.63, 3.8) is 0 Å². The molecule has 0 heterocycles. The van der Waals surface area contributed by atoms with E-state index in [0.29, 0.717) is 6.54 Å². The third kappa shape index (κ3) is 2.06. The van der Waals surface area contributed by atoms with Crippen molar-refractivity contribution in [3.8, 4) is 0 Å². The number of hydrogen-bond donors (Lipinski definition) is 0. The lowest BCUT2D eigenvalue weighted by Gasteiger charge is -2.37. The van der Waals surface area contributed by atoms with Gasteiger partial charge in [0.1, 0.15) is 5.69 Å². The summed E-state index contributed by atoms with van der Waals surface area (Å²) in [5, 5.41) is 11.8. The Balaban J connectivity index is 2.82. The standard InChI is InChI=1S/C10H15NO/c1-3-9-11(2,12)10-7-5-4-6-8-10/h4-8H,3,9H2,1-2H3. The van der Waals surface area contributed by atoms with E-state index in [1.54, 1.807) is 7.05 Å². The first kappa shape index (κ1) is 9.23. The Morgan fingerprint density at radius 3 is 2.33 bits per heavy atom. The van der Waals surface area contributed by atoms with Crippen molar-refractivity contribution in [1.82, 2.24) is 4.65 Å². The molecular weight excluding hydrogens is 150 g/mol. The molecule has 2 nitrogen and oxygen atoms in total. The second kappa shape index (κ2) is 3.70. The summed E-state index contributed by atoms with van der Waals surface area (Å²) < 4.78 is -0.267. The van der Waals surface area contributed by atoms with Crippen LogP contribution >= 0.6 is 0 Å². The first-order valence-electron chi connectivity index (χ1n) is 4.29. The largest absolute Gasteiger partial charge is 0.628 e. The zero-order chi connectivity index (χ0) is 9.03. The van der Waals surface area contributed by atoms with Crippen LogP contribution in [-0.2, 0) is 0 Å². The van der Waals surface area contributed by atoms with Gasteiger partial charge in [-0.25, -0.2) is 0 Å². The topological polar surface area (TPSA) is 23.1 Å². The summed E-state index contributed by atoms with van der Waals surface area (Å²) in [6, 6.07) is 9.49. The molecule has 0 amide bonds. The van der Waals surface area contributed by atoms with E-state index < -0.39 is 0 Å². The lowest BCUT2D eigenvalue weighted by Crippen LogP contribution is -2.38. The fourth-order valence-electron chi connectivity index (χ4n) is 1.30. The summed E-state index contributed by atoms with van der Waals surface area (Å²) in [5.74, 6) is 0. The number of rotatable bonds is 3. The molecule has 1 rings (SSSR count). The van der Waals surface area contributed by atoms with Gasteiger partial charge in [0.25, 0.3) is 0 Å². The SMILES string of the molecule is CCC[N+](C)([O-])c1ccccc1. The molecule has 0 aliphatic heterocycles. The van der Waals surface area contributed by atoms with Gasteiger partial charge in [-0.15, -0.1) is 0 Å². The van der Waals surface area contributed by atoms with Crippen LogP contribution in [-0.4, -0.2) is 13.6 Å². The molecule has 0 N–H and O–H groups in total. The second-order valence-corrected chi connectivity index (χ2v) is 3.16. The molecule has 0 saturated carbocycles. The van der Waals surface area contributed by atoms with Gasteiger partial charge in [-0.3, -0.25) is 0 Å². The molecule has 1 aromatic rings. The highest BCUT2D eigenvalue weighted by molar-refractivity contribution is 5.42. The molecule has 0 bridgehead atoms. The zero-order valence-corrected chi connectivity index (χ0v) is 7.66. The van der Waals surface area contributed by atoms with Crippen molar-refractivity contribution >= 4 is 5.69 Å². The Morgan fingerprint density at radius 2 is 1.83 bits per heavy atom. The average Bonchev–Trinajstić information content (AvgIpc) is 2.06. The monoisotopic (exact) mass is 165 g/mol. The highest BCUT2D eigenvalue weighted by Gasteiger charge is 2.10. The van der Waals surface area contributed by atoms with Crippen LogP contribution in [0.25, 0.3) is 0 Å². The van der Waals surface area contributed by atoms with Crippen molar-refractivity contribution < 1.29 is 0 Å². The van der Waals surface area contributed by atoms with E-state index >= 15 is 0 Å². The lowest BCUT2D eigenvalue weighted by molar-refractivity contribution is 0.443. The minimum absolute atomic E-state index is 0.267. The highest BCUT2D eigenvalue weighted by atomic mass is 16.5. The maximum atomic E-state index is 11.8. The number of hydroxylamine groups is 2. The summed E-state index contributed by atoms with van der Waals surface area (Å²) in [5.41, 5.74) is 0.833. The molecule has 2 heteroatoms. The van der Waals surface area contributed by atoms with Crippen molar-refractivity contribution in [2.24, 2.45) is 0 Å². The van der Waals surface area contributed by atoms with E-state index in [1.165, 1.54) is 0 Å². The van der Waals surface area contributed by atoms with Crippen molar-refractivity contribution in [3.05, 3.63) is 35.5 Å². The quantitative estimate of drug-likeness (QED) is 0.498. The van der Waals surface area contributed by atoms with E-state index in [0.717, 1.165) is 12.1 Å². The molecule has 0 aromatic heterocycles. The molecule has 1 atom stereocenters. The summed E-state index contributed by atoms with van der Waals surface area (Å²) >= 11 is 0. The van der Waals surface area contributed by atoms with Crippen LogP contribution in [0.1, 0.15) is 13.3 Å². The Labute approximate surface area is 73.6 Å².